The highest BCUT2D eigenvalue weighted by Crippen LogP contribution is 2.21. The van der Waals surface area contributed by atoms with Crippen molar-refractivity contribution < 1.29 is 9.60 Å². The molecule has 1 unspecified atom stereocenters. The minimum Gasteiger partial charge on any atom is -0.409 e. The van der Waals surface area contributed by atoms with Gasteiger partial charge in [0.1, 0.15) is 5.82 Å². The zero-order valence-corrected chi connectivity index (χ0v) is 11.3. The Hall–Kier alpha value is -1.14. The Balaban J connectivity index is 2.81. The van der Waals surface area contributed by atoms with Crippen LogP contribution in [0.25, 0.3) is 0 Å². The molecule has 1 rings (SSSR count). The lowest BCUT2D eigenvalue weighted by Crippen LogP contribution is -2.40. The van der Waals surface area contributed by atoms with Crippen LogP contribution in [0.5, 0.6) is 0 Å². The minimum absolute atomic E-state index is 0.125. The van der Waals surface area contributed by atoms with E-state index in [2.05, 4.69) is 21.1 Å². The molecule has 1 aromatic carbocycles. The Morgan fingerprint density at radius 3 is 2.88 bits per heavy atom. The summed E-state index contributed by atoms with van der Waals surface area (Å²) in [5.74, 6) is -0.174. The Labute approximate surface area is 108 Å². The van der Waals surface area contributed by atoms with Gasteiger partial charge in [-0.25, -0.2) is 4.39 Å². The average molecular weight is 304 g/mol. The van der Waals surface area contributed by atoms with E-state index >= 15 is 0 Å². The zero-order valence-electron chi connectivity index (χ0n) is 9.69. The molecule has 94 valence electrons. The van der Waals surface area contributed by atoms with E-state index in [-0.39, 0.29) is 17.7 Å². The summed E-state index contributed by atoms with van der Waals surface area (Å²) in [5.41, 5.74) is 6.32. The monoisotopic (exact) mass is 303 g/mol. The molecular formula is C11H15BrFN3O. The molecule has 0 radical (unpaired) electrons. The average Bonchev–Trinajstić information content (AvgIpc) is 2.32. The van der Waals surface area contributed by atoms with E-state index in [9.17, 15) is 4.39 Å². The van der Waals surface area contributed by atoms with Crippen LogP contribution in [0.1, 0.15) is 12.5 Å². The molecule has 0 saturated carbocycles. The van der Waals surface area contributed by atoms with Crippen LogP contribution in [0.2, 0.25) is 0 Å². The number of oxime groups is 1. The maximum absolute atomic E-state index is 13.3. The van der Waals surface area contributed by atoms with Crippen molar-refractivity contribution in [2.75, 3.05) is 7.05 Å². The third-order valence-electron chi connectivity index (χ3n) is 2.66. The number of nitrogens with zero attached hydrogens (tertiary/aromatic N) is 2. The van der Waals surface area contributed by atoms with Crippen LogP contribution < -0.4 is 5.73 Å². The standard InChI is InChI=1S/C11H15BrFN3O/c1-7(11(14)15-17)16(2)6-8-4-3-5-9(13)10(8)12/h3-5,7,17H,6H2,1-2H3,(H2,14,15). The molecule has 0 saturated heterocycles. The van der Waals surface area contributed by atoms with Gasteiger partial charge in [-0.05, 0) is 41.5 Å². The number of halogens is 2. The second-order valence-corrected chi connectivity index (χ2v) is 4.62. The van der Waals surface area contributed by atoms with Crippen molar-refractivity contribution in [2.45, 2.75) is 19.5 Å². The number of nitrogens with two attached hydrogens (primary N) is 1. The number of amidine groups is 1. The van der Waals surface area contributed by atoms with Crippen LogP contribution in [0, 0.1) is 5.82 Å². The number of hydrogen-bond donors (Lipinski definition) is 2. The van der Waals surface area contributed by atoms with Gasteiger partial charge in [-0.1, -0.05) is 17.3 Å². The van der Waals surface area contributed by atoms with E-state index in [4.69, 9.17) is 10.9 Å². The normalized spacial score (nSPS) is 14.1. The van der Waals surface area contributed by atoms with Crippen LogP contribution >= 0.6 is 15.9 Å². The minimum atomic E-state index is -0.299. The quantitative estimate of drug-likeness (QED) is 0.388. The van der Waals surface area contributed by atoms with Crippen LogP contribution in [0.15, 0.2) is 27.8 Å². The molecule has 0 spiro atoms. The molecule has 0 bridgehead atoms. The van der Waals surface area contributed by atoms with E-state index in [1.54, 1.807) is 6.07 Å². The zero-order chi connectivity index (χ0) is 13.0. The molecule has 3 N–H and O–H groups in total. The maximum Gasteiger partial charge on any atom is 0.156 e. The highest BCUT2D eigenvalue weighted by molar-refractivity contribution is 9.10. The van der Waals surface area contributed by atoms with Crippen molar-refractivity contribution in [3.05, 3.63) is 34.1 Å². The van der Waals surface area contributed by atoms with E-state index in [1.807, 2.05) is 24.9 Å². The molecule has 0 aromatic heterocycles. The number of likely N-dealkylation sites (N-methyl/N-ethyl adjacent to an activating group) is 1. The van der Waals surface area contributed by atoms with Crippen molar-refractivity contribution in [2.24, 2.45) is 10.9 Å². The second kappa shape index (κ2) is 5.97. The predicted molar refractivity (Wildman–Crippen MR) is 68.4 cm³/mol. The molecule has 4 nitrogen and oxygen atoms in total. The molecule has 0 heterocycles. The van der Waals surface area contributed by atoms with Crippen LogP contribution in [0.3, 0.4) is 0 Å². The van der Waals surface area contributed by atoms with Crippen molar-refractivity contribution in [1.82, 2.24) is 4.90 Å². The van der Waals surface area contributed by atoms with Gasteiger partial charge in [-0.15, -0.1) is 0 Å². The van der Waals surface area contributed by atoms with Gasteiger partial charge >= 0.3 is 0 Å². The van der Waals surface area contributed by atoms with Gasteiger partial charge in [0.2, 0.25) is 0 Å². The summed E-state index contributed by atoms with van der Waals surface area (Å²) in [6, 6.07) is 4.64. The maximum atomic E-state index is 13.3. The van der Waals surface area contributed by atoms with Crippen LogP contribution in [-0.4, -0.2) is 29.0 Å². The van der Waals surface area contributed by atoms with Gasteiger partial charge in [-0.3, -0.25) is 4.90 Å². The third-order valence-corrected chi connectivity index (χ3v) is 3.54. The van der Waals surface area contributed by atoms with Gasteiger partial charge in [0.25, 0.3) is 0 Å². The van der Waals surface area contributed by atoms with Crippen molar-refractivity contribution >= 4 is 21.8 Å². The summed E-state index contributed by atoms with van der Waals surface area (Å²) >= 11 is 3.20. The fourth-order valence-electron chi connectivity index (χ4n) is 1.39. The van der Waals surface area contributed by atoms with Crippen LogP contribution in [0.4, 0.5) is 4.39 Å². The van der Waals surface area contributed by atoms with Crippen LogP contribution in [-0.2, 0) is 6.54 Å². The summed E-state index contributed by atoms with van der Waals surface area (Å²) in [6.45, 7) is 2.30. The smallest absolute Gasteiger partial charge is 0.156 e. The van der Waals surface area contributed by atoms with Gasteiger partial charge in [0.05, 0.1) is 10.5 Å². The molecule has 1 atom stereocenters. The molecular weight excluding hydrogens is 289 g/mol. The fraction of sp³-hybridized carbons (Fsp3) is 0.364. The van der Waals surface area contributed by atoms with Crippen molar-refractivity contribution in [3.63, 3.8) is 0 Å². The first kappa shape index (κ1) is 13.9. The molecule has 1 aromatic rings. The fourth-order valence-corrected chi connectivity index (χ4v) is 1.78. The Morgan fingerprint density at radius 1 is 1.65 bits per heavy atom. The lowest BCUT2D eigenvalue weighted by molar-refractivity contribution is 0.278. The molecule has 0 fully saturated rings. The van der Waals surface area contributed by atoms with Crippen molar-refractivity contribution in [3.8, 4) is 0 Å². The van der Waals surface area contributed by atoms with Gasteiger partial charge in [0.15, 0.2) is 5.84 Å². The summed E-state index contributed by atoms with van der Waals surface area (Å²) in [4.78, 5) is 1.86. The van der Waals surface area contributed by atoms with Crippen molar-refractivity contribution in [1.29, 1.82) is 0 Å². The lowest BCUT2D eigenvalue weighted by atomic mass is 10.2. The first-order chi connectivity index (χ1) is 7.97. The van der Waals surface area contributed by atoms with E-state index in [1.165, 1.54) is 6.07 Å². The van der Waals surface area contributed by atoms with E-state index < -0.39 is 0 Å². The molecule has 0 aliphatic carbocycles. The topological polar surface area (TPSA) is 61.9 Å². The van der Waals surface area contributed by atoms with Gasteiger partial charge in [-0.2, -0.15) is 0 Å². The van der Waals surface area contributed by atoms with E-state index in [0.717, 1.165) is 5.56 Å². The predicted octanol–water partition coefficient (Wildman–Crippen LogP) is 2.15. The van der Waals surface area contributed by atoms with E-state index in [0.29, 0.717) is 11.0 Å². The Kier molecular flexibility index (Phi) is 4.89. The summed E-state index contributed by atoms with van der Waals surface area (Å²) < 4.78 is 13.7. The molecule has 6 heteroatoms. The molecule has 0 amide bonds. The highest BCUT2D eigenvalue weighted by atomic mass is 79.9. The summed E-state index contributed by atoms with van der Waals surface area (Å²) in [7, 11) is 1.82. The second-order valence-electron chi connectivity index (χ2n) is 3.83. The highest BCUT2D eigenvalue weighted by Gasteiger charge is 2.15. The summed E-state index contributed by atoms with van der Waals surface area (Å²) in [6.07, 6.45) is 0. The number of rotatable bonds is 4. The number of benzene rings is 1. The van der Waals surface area contributed by atoms with Gasteiger partial charge < -0.3 is 10.9 Å². The SMILES string of the molecule is CC(/C(N)=N/O)N(C)Cc1cccc(F)c1Br. The lowest BCUT2D eigenvalue weighted by Gasteiger charge is -2.23. The molecule has 0 aliphatic heterocycles. The number of hydrogen-bond acceptors (Lipinski definition) is 3. The third kappa shape index (κ3) is 3.41. The Morgan fingerprint density at radius 2 is 2.29 bits per heavy atom. The first-order valence-corrected chi connectivity index (χ1v) is 5.87. The van der Waals surface area contributed by atoms with Gasteiger partial charge in [0, 0.05) is 6.54 Å². The summed E-state index contributed by atoms with van der Waals surface area (Å²) in [5, 5.41) is 11.5. The molecule has 0 aliphatic rings. The Bertz CT molecular complexity index is 425. The first-order valence-electron chi connectivity index (χ1n) is 5.08. The largest absolute Gasteiger partial charge is 0.409 e. The molecule has 17 heavy (non-hydrogen) atoms.